The number of hydrogen-bond acceptors (Lipinski definition) is 4. The molecule has 0 atom stereocenters. The maximum absolute atomic E-state index is 6.16. The van der Waals surface area contributed by atoms with Crippen LogP contribution in [0.15, 0.2) is 83.4 Å². The molecule has 1 heterocycles. The summed E-state index contributed by atoms with van der Waals surface area (Å²) in [6.45, 7) is 0.440. The van der Waals surface area contributed by atoms with Crippen LogP contribution in [0, 0.1) is 0 Å². The summed E-state index contributed by atoms with van der Waals surface area (Å²) in [6.07, 6.45) is 0. The number of aromatic nitrogens is 2. The van der Waals surface area contributed by atoms with Gasteiger partial charge in [0.05, 0.1) is 5.56 Å². The molecule has 0 N–H and O–H groups in total. The second kappa shape index (κ2) is 7.42. The summed E-state index contributed by atoms with van der Waals surface area (Å²) in [4.78, 5) is 4.49. The van der Waals surface area contributed by atoms with Crippen molar-refractivity contribution in [3.05, 3.63) is 89.4 Å². The van der Waals surface area contributed by atoms with Crippen LogP contribution in [0.5, 0.6) is 5.75 Å². The highest BCUT2D eigenvalue weighted by Gasteiger charge is 2.16. The van der Waals surface area contributed by atoms with E-state index in [2.05, 4.69) is 10.1 Å². The quantitative estimate of drug-likeness (QED) is 0.461. The lowest BCUT2D eigenvalue weighted by atomic mass is 10.2. The maximum Gasteiger partial charge on any atom is 0.262 e. The Morgan fingerprint density at radius 1 is 0.885 bits per heavy atom. The lowest BCUT2D eigenvalue weighted by Gasteiger charge is -2.09. The Hall–Kier alpha value is -3.11. The summed E-state index contributed by atoms with van der Waals surface area (Å²) in [5.74, 6) is 1.53. The summed E-state index contributed by atoms with van der Waals surface area (Å²) in [5.41, 5.74) is 2.63. The summed E-state index contributed by atoms with van der Waals surface area (Å²) in [5, 5.41) is 4.64. The zero-order chi connectivity index (χ0) is 17.8. The average molecular weight is 363 g/mol. The molecule has 0 amide bonds. The Bertz CT molecular complexity index is 1000. The second-order valence-electron chi connectivity index (χ2n) is 5.70. The zero-order valence-electron chi connectivity index (χ0n) is 13.8. The van der Waals surface area contributed by atoms with Gasteiger partial charge >= 0.3 is 0 Å². The predicted octanol–water partition coefficient (Wildman–Crippen LogP) is 5.64. The smallest absolute Gasteiger partial charge is 0.262 e. The molecule has 26 heavy (non-hydrogen) atoms. The van der Waals surface area contributed by atoms with E-state index in [9.17, 15) is 0 Å². The van der Waals surface area contributed by atoms with Crippen molar-refractivity contribution in [2.45, 2.75) is 6.61 Å². The molecule has 0 unspecified atom stereocenters. The second-order valence-corrected chi connectivity index (χ2v) is 6.14. The van der Waals surface area contributed by atoms with Crippen molar-refractivity contribution < 1.29 is 9.26 Å². The van der Waals surface area contributed by atoms with Crippen LogP contribution in [0.1, 0.15) is 5.56 Å². The van der Waals surface area contributed by atoms with Gasteiger partial charge in [-0.3, -0.25) is 0 Å². The predicted molar refractivity (Wildman–Crippen MR) is 101 cm³/mol. The van der Waals surface area contributed by atoms with Crippen LogP contribution in [0.2, 0.25) is 5.02 Å². The van der Waals surface area contributed by atoms with Gasteiger partial charge in [0.15, 0.2) is 0 Å². The fraction of sp³-hybridized carbons (Fsp3) is 0.0476. The van der Waals surface area contributed by atoms with Gasteiger partial charge in [0.2, 0.25) is 5.82 Å². The molecule has 0 fully saturated rings. The molecule has 1 aromatic heterocycles. The molecule has 0 spiro atoms. The van der Waals surface area contributed by atoms with E-state index in [1.807, 2.05) is 66.7 Å². The van der Waals surface area contributed by atoms with Crippen LogP contribution < -0.4 is 4.74 Å². The number of halogens is 1. The largest absolute Gasteiger partial charge is 0.488 e. The molecule has 4 rings (SSSR count). The highest BCUT2D eigenvalue weighted by atomic mass is 35.5. The fourth-order valence-electron chi connectivity index (χ4n) is 2.57. The van der Waals surface area contributed by atoms with E-state index in [-0.39, 0.29) is 0 Å². The standard InChI is InChI=1S/C21H15ClN2O2/c22-17-11-12-19(25-14-15-7-3-1-4-8-15)18(13-17)21-23-20(24-26-21)16-9-5-2-6-10-16/h1-13H,14H2. The number of ether oxygens (including phenoxy) is 1. The van der Waals surface area contributed by atoms with Gasteiger partial charge in [0.25, 0.3) is 5.89 Å². The number of rotatable bonds is 5. The first-order valence-electron chi connectivity index (χ1n) is 8.15. The fourth-order valence-corrected chi connectivity index (χ4v) is 2.74. The highest BCUT2D eigenvalue weighted by Crippen LogP contribution is 2.33. The normalized spacial score (nSPS) is 10.7. The Morgan fingerprint density at radius 2 is 1.62 bits per heavy atom. The minimum atomic E-state index is 0.370. The van der Waals surface area contributed by atoms with Gasteiger partial charge in [-0.1, -0.05) is 77.4 Å². The molecule has 5 heteroatoms. The van der Waals surface area contributed by atoms with Crippen LogP contribution >= 0.6 is 11.6 Å². The molecule has 0 aliphatic rings. The highest BCUT2D eigenvalue weighted by molar-refractivity contribution is 6.30. The Kier molecular flexibility index (Phi) is 4.67. The Labute approximate surface area is 156 Å². The topological polar surface area (TPSA) is 48.2 Å². The van der Waals surface area contributed by atoms with Gasteiger partial charge in [0, 0.05) is 10.6 Å². The lowest BCUT2D eigenvalue weighted by molar-refractivity contribution is 0.306. The van der Waals surface area contributed by atoms with Crippen molar-refractivity contribution >= 4 is 11.6 Å². The summed E-state index contributed by atoms with van der Waals surface area (Å²) >= 11 is 6.16. The monoisotopic (exact) mass is 362 g/mol. The van der Waals surface area contributed by atoms with Crippen molar-refractivity contribution in [3.63, 3.8) is 0 Å². The molecule has 0 radical (unpaired) electrons. The van der Waals surface area contributed by atoms with Crippen molar-refractivity contribution in [2.75, 3.05) is 0 Å². The molecule has 4 nitrogen and oxygen atoms in total. The van der Waals surface area contributed by atoms with E-state index < -0.39 is 0 Å². The molecular weight excluding hydrogens is 348 g/mol. The van der Waals surface area contributed by atoms with Crippen LogP contribution in [-0.4, -0.2) is 10.1 Å². The van der Waals surface area contributed by atoms with Gasteiger partial charge in [-0.15, -0.1) is 0 Å². The third-order valence-corrected chi connectivity index (χ3v) is 4.10. The van der Waals surface area contributed by atoms with E-state index in [1.54, 1.807) is 12.1 Å². The third-order valence-electron chi connectivity index (χ3n) is 3.87. The third kappa shape index (κ3) is 3.60. The number of nitrogens with zero attached hydrogens (tertiary/aromatic N) is 2. The first-order valence-corrected chi connectivity index (χ1v) is 8.53. The SMILES string of the molecule is Clc1ccc(OCc2ccccc2)c(-c2nc(-c3ccccc3)no2)c1. The van der Waals surface area contributed by atoms with Crippen molar-refractivity contribution in [3.8, 4) is 28.6 Å². The average Bonchev–Trinajstić information content (AvgIpc) is 3.18. The van der Waals surface area contributed by atoms with E-state index in [0.717, 1.165) is 11.1 Å². The molecule has 0 aliphatic carbocycles. The number of hydrogen-bond donors (Lipinski definition) is 0. The van der Waals surface area contributed by atoms with E-state index >= 15 is 0 Å². The van der Waals surface area contributed by atoms with E-state index in [0.29, 0.717) is 34.7 Å². The Balaban J connectivity index is 1.64. The van der Waals surface area contributed by atoms with E-state index in [4.69, 9.17) is 20.9 Å². The first kappa shape index (κ1) is 16.4. The van der Waals surface area contributed by atoms with Crippen molar-refractivity contribution in [1.82, 2.24) is 10.1 Å². The van der Waals surface area contributed by atoms with Crippen LogP contribution in [0.25, 0.3) is 22.8 Å². The zero-order valence-corrected chi connectivity index (χ0v) is 14.6. The van der Waals surface area contributed by atoms with Crippen LogP contribution in [0.4, 0.5) is 0 Å². The van der Waals surface area contributed by atoms with Crippen LogP contribution in [0.3, 0.4) is 0 Å². The summed E-state index contributed by atoms with van der Waals surface area (Å²) < 4.78 is 11.4. The molecule has 4 aromatic rings. The van der Waals surface area contributed by atoms with Gasteiger partial charge in [-0.25, -0.2) is 0 Å². The number of benzene rings is 3. The Morgan fingerprint density at radius 3 is 2.38 bits per heavy atom. The maximum atomic E-state index is 6.16. The molecule has 0 aliphatic heterocycles. The molecular formula is C21H15ClN2O2. The molecule has 128 valence electrons. The molecule has 0 bridgehead atoms. The van der Waals surface area contributed by atoms with E-state index in [1.165, 1.54) is 0 Å². The van der Waals surface area contributed by atoms with Gasteiger partial charge in [-0.05, 0) is 23.8 Å². The first-order chi connectivity index (χ1) is 12.8. The molecule has 0 saturated carbocycles. The van der Waals surface area contributed by atoms with Crippen LogP contribution in [-0.2, 0) is 6.61 Å². The summed E-state index contributed by atoms with van der Waals surface area (Å²) in [6, 6.07) is 25.0. The van der Waals surface area contributed by atoms with Gasteiger partial charge in [0.1, 0.15) is 12.4 Å². The molecule has 0 saturated heterocycles. The van der Waals surface area contributed by atoms with Gasteiger partial charge in [-0.2, -0.15) is 4.98 Å². The lowest BCUT2D eigenvalue weighted by Crippen LogP contribution is -1.97. The minimum absolute atomic E-state index is 0.370. The van der Waals surface area contributed by atoms with Gasteiger partial charge < -0.3 is 9.26 Å². The van der Waals surface area contributed by atoms with Crippen molar-refractivity contribution in [2.24, 2.45) is 0 Å². The minimum Gasteiger partial charge on any atom is -0.488 e. The van der Waals surface area contributed by atoms with Crippen molar-refractivity contribution in [1.29, 1.82) is 0 Å². The molecule has 3 aromatic carbocycles. The summed E-state index contributed by atoms with van der Waals surface area (Å²) in [7, 11) is 0.